The van der Waals surface area contributed by atoms with Crippen LogP contribution in [0.4, 0.5) is 0 Å². The summed E-state index contributed by atoms with van der Waals surface area (Å²) in [7, 11) is 0. The van der Waals surface area contributed by atoms with Crippen LogP contribution in [0.3, 0.4) is 0 Å². The minimum atomic E-state index is -0.996. The number of rotatable bonds is 60. The standard InChI is InChI=1S/C76H134O4S2/c1-5-9-13-17-21-25-29-33-37-41-45-49-53-59-75(79,60-54-50-46-42-38-34-30-26-22-18-14-10-6-2)69-57-63-81-73(69)67-65-72(78)68(66-71(67)77)74-70(58-64-82-74)76(80,61-55-51-47-43-39-35-31-27-23-19-15-11-7-3)62-56-52-48-44-40-36-32-28-24-20-16-12-8-4/h57-58,63-66,77-80H,5-56,59-62H2,1-4H3. The van der Waals surface area contributed by atoms with Crippen LogP contribution < -0.4 is 0 Å². The summed E-state index contributed by atoms with van der Waals surface area (Å²) in [5, 5.41) is 54.1. The number of benzene rings is 1. The summed E-state index contributed by atoms with van der Waals surface area (Å²) in [6.07, 6.45) is 70.5. The molecule has 474 valence electrons. The maximum Gasteiger partial charge on any atom is 0.125 e. The van der Waals surface area contributed by atoms with Gasteiger partial charge in [-0.2, -0.15) is 0 Å². The Morgan fingerprint density at radius 3 is 0.622 bits per heavy atom. The summed E-state index contributed by atoms with van der Waals surface area (Å²) in [6.45, 7) is 9.17. The van der Waals surface area contributed by atoms with E-state index < -0.39 is 11.2 Å². The summed E-state index contributed by atoms with van der Waals surface area (Å²) < 4.78 is 0. The molecule has 4 nitrogen and oxygen atoms in total. The van der Waals surface area contributed by atoms with E-state index in [1.165, 1.54) is 283 Å². The number of hydrogen-bond acceptors (Lipinski definition) is 6. The predicted octanol–water partition coefficient (Wildman–Crippen LogP) is 26.9. The van der Waals surface area contributed by atoms with Crippen LogP contribution in [0.25, 0.3) is 20.9 Å². The van der Waals surface area contributed by atoms with Crippen LogP contribution in [0.1, 0.15) is 398 Å². The molecule has 0 aliphatic heterocycles. The van der Waals surface area contributed by atoms with E-state index in [9.17, 15) is 20.4 Å². The SMILES string of the molecule is CCCCCCCCCCCCCCCC(O)(CCCCCCCCCCCCCCC)c1ccsc1-c1cc(O)c(-c2sccc2C(O)(CCCCCCCCCCCCCCC)CCCCCCCCCCCCCCC)cc1O. The van der Waals surface area contributed by atoms with Gasteiger partial charge in [-0.1, -0.05) is 362 Å². The van der Waals surface area contributed by atoms with Gasteiger partial charge in [0.05, 0.1) is 11.2 Å². The summed E-state index contributed by atoms with van der Waals surface area (Å²) in [4.78, 5) is 1.72. The highest BCUT2D eigenvalue weighted by Crippen LogP contribution is 2.50. The Morgan fingerprint density at radius 2 is 0.439 bits per heavy atom. The molecule has 0 saturated heterocycles. The lowest BCUT2D eigenvalue weighted by atomic mass is 9.82. The molecule has 0 fully saturated rings. The van der Waals surface area contributed by atoms with E-state index in [0.29, 0.717) is 36.8 Å². The van der Waals surface area contributed by atoms with Crippen LogP contribution >= 0.6 is 22.7 Å². The van der Waals surface area contributed by atoms with Gasteiger partial charge in [0.2, 0.25) is 0 Å². The largest absolute Gasteiger partial charge is 0.507 e. The van der Waals surface area contributed by atoms with Crippen LogP contribution in [0, 0.1) is 0 Å². The monoisotopic (exact) mass is 1170 g/mol. The molecule has 0 aliphatic rings. The van der Waals surface area contributed by atoms with Crippen molar-refractivity contribution in [3.8, 4) is 32.4 Å². The molecule has 0 aliphatic carbocycles. The minimum absolute atomic E-state index is 0.122. The first-order valence-electron chi connectivity index (χ1n) is 36.4. The summed E-state index contributed by atoms with van der Waals surface area (Å²) in [5.41, 5.74) is 0.994. The summed E-state index contributed by atoms with van der Waals surface area (Å²) in [6, 6.07) is 7.69. The second kappa shape index (κ2) is 50.2. The van der Waals surface area contributed by atoms with E-state index in [1.807, 2.05) is 0 Å². The quantitative estimate of drug-likeness (QED) is 0.0335. The van der Waals surface area contributed by atoms with Crippen molar-refractivity contribution in [1.29, 1.82) is 0 Å². The minimum Gasteiger partial charge on any atom is -0.507 e. The number of phenols is 2. The van der Waals surface area contributed by atoms with E-state index in [4.69, 9.17) is 0 Å². The van der Waals surface area contributed by atoms with Gasteiger partial charge in [-0.3, -0.25) is 0 Å². The number of aliphatic hydroxyl groups is 2. The maximum atomic E-state index is 12.9. The van der Waals surface area contributed by atoms with Gasteiger partial charge in [-0.05, 0) is 60.7 Å². The van der Waals surface area contributed by atoms with E-state index in [-0.39, 0.29) is 11.5 Å². The smallest absolute Gasteiger partial charge is 0.125 e. The van der Waals surface area contributed by atoms with Crippen molar-refractivity contribution in [3.05, 3.63) is 46.2 Å². The van der Waals surface area contributed by atoms with Gasteiger partial charge < -0.3 is 20.4 Å². The Labute approximate surface area is 517 Å². The highest BCUT2D eigenvalue weighted by atomic mass is 32.1. The lowest BCUT2D eigenvalue weighted by molar-refractivity contribution is 0.0137. The van der Waals surface area contributed by atoms with Gasteiger partial charge >= 0.3 is 0 Å². The van der Waals surface area contributed by atoms with Crippen LogP contribution in [-0.4, -0.2) is 20.4 Å². The van der Waals surface area contributed by atoms with Gasteiger partial charge in [-0.15, -0.1) is 22.7 Å². The van der Waals surface area contributed by atoms with Gasteiger partial charge in [0.15, 0.2) is 0 Å². The molecule has 2 heterocycles. The number of phenolic OH excluding ortho intramolecular Hbond substituents is 2. The van der Waals surface area contributed by atoms with E-state index in [0.717, 1.165) is 72.2 Å². The van der Waals surface area contributed by atoms with Crippen LogP contribution in [-0.2, 0) is 11.2 Å². The molecule has 2 aromatic heterocycles. The Bertz CT molecular complexity index is 1680. The molecule has 0 atom stereocenters. The third-order valence-corrected chi connectivity index (χ3v) is 20.6. The average Bonchev–Trinajstić information content (AvgIpc) is 4.19. The molecule has 0 bridgehead atoms. The predicted molar refractivity (Wildman–Crippen MR) is 365 cm³/mol. The van der Waals surface area contributed by atoms with Crippen molar-refractivity contribution in [2.45, 2.75) is 398 Å². The number of hydrogen-bond donors (Lipinski definition) is 4. The van der Waals surface area contributed by atoms with Gasteiger partial charge in [0.1, 0.15) is 11.5 Å². The Balaban J connectivity index is 1.71. The highest BCUT2D eigenvalue weighted by Gasteiger charge is 2.35. The first-order valence-corrected chi connectivity index (χ1v) is 38.2. The lowest BCUT2D eigenvalue weighted by Crippen LogP contribution is -2.26. The molecule has 0 amide bonds. The first-order chi connectivity index (χ1) is 40.2. The van der Waals surface area contributed by atoms with E-state index in [2.05, 4.69) is 50.6 Å². The van der Waals surface area contributed by atoms with Crippen LogP contribution in [0.5, 0.6) is 11.5 Å². The Morgan fingerprint density at radius 1 is 0.268 bits per heavy atom. The Hall–Kier alpha value is -1.86. The molecule has 1 aromatic carbocycles. The first kappa shape index (κ1) is 74.4. The van der Waals surface area contributed by atoms with Crippen molar-refractivity contribution < 1.29 is 20.4 Å². The van der Waals surface area contributed by atoms with Crippen LogP contribution in [0.15, 0.2) is 35.0 Å². The normalized spacial score (nSPS) is 12.2. The molecule has 82 heavy (non-hydrogen) atoms. The molecule has 4 N–H and O–H groups in total. The highest BCUT2D eigenvalue weighted by molar-refractivity contribution is 7.14. The molecule has 6 heteroatoms. The fourth-order valence-electron chi connectivity index (χ4n) is 13.2. The van der Waals surface area contributed by atoms with Gasteiger partial charge in [0, 0.05) is 32.0 Å². The summed E-state index contributed by atoms with van der Waals surface area (Å²) >= 11 is 3.13. The zero-order valence-corrected chi connectivity index (χ0v) is 56.3. The zero-order chi connectivity index (χ0) is 58.9. The Kier molecular flexibility index (Phi) is 45.5. The maximum absolute atomic E-state index is 12.9. The molecule has 0 spiro atoms. The van der Waals surface area contributed by atoms with Crippen molar-refractivity contribution in [1.82, 2.24) is 0 Å². The lowest BCUT2D eigenvalue weighted by Gasteiger charge is -2.30. The van der Waals surface area contributed by atoms with Crippen molar-refractivity contribution in [2.75, 3.05) is 0 Å². The topological polar surface area (TPSA) is 80.9 Å². The van der Waals surface area contributed by atoms with E-state index >= 15 is 0 Å². The van der Waals surface area contributed by atoms with Crippen molar-refractivity contribution in [3.63, 3.8) is 0 Å². The molecule has 0 unspecified atom stereocenters. The molecular weight excluding hydrogens is 1040 g/mol. The molecule has 0 saturated carbocycles. The number of unbranched alkanes of at least 4 members (excludes halogenated alkanes) is 48. The average molecular weight is 1180 g/mol. The third kappa shape index (κ3) is 33.3. The zero-order valence-electron chi connectivity index (χ0n) is 54.7. The molecule has 0 radical (unpaired) electrons. The van der Waals surface area contributed by atoms with Crippen molar-refractivity contribution >= 4 is 22.7 Å². The number of aromatic hydroxyl groups is 2. The van der Waals surface area contributed by atoms with Crippen molar-refractivity contribution in [2.24, 2.45) is 0 Å². The van der Waals surface area contributed by atoms with Gasteiger partial charge in [0.25, 0.3) is 0 Å². The fourth-order valence-corrected chi connectivity index (χ4v) is 15.3. The van der Waals surface area contributed by atoms with E-state index in [1.54, 1.807) is 34.8 Å². The second-order valence-electron chi connectivity index (χ2n) is 26.2. The fraction of sp³-hybridized carbons (Fsp3) is 0.816. The van der Waals surface area contributed by atoms with Crippen LogP contribution in [0.2, 0.25) is 0 Å². The third-order valence-electron chi connectivity index (χ3n) is 18.7. The number of thiophene rings is 2. The second-order valence-corrected chi connectivity index (χ2v) is 28.1. The molecule has 3 aromatic rings. The summed E-state index contributed by atoms with van der Waals surface area (Å²) in [5.74, 6) is 0.244. The molecular formula is C76H134O4S2. The van der Waals surface area contributed by atoms with Gasteiger partial charge in [-0.25, -0.2) is 0 Å². The molecule has 3 rings (SSSR count).